The van der Waals surface area contributed by atoms with E-state index >= 15 is 0 Å². The lowest BCUT2D eigenvalue weighted by molar-refractivity contribution is 0.660. The van der Waals surface area contributed by atoms with Crippen molar-refractivity contribution in [3.05, 3.63) is 168 Å². The summed E-state index contributed by atoms with van der Waals surface area (Å²) in [5.74, 6) is 0. The van der Waals surface area contributed by atoms with Gasteiger partial charge in [-0.3, -0.25) is 0 Å². The van der Waals surface area contributed by atoms with Gasteiger partial charge in [-0.2, -0.15) is 0 Å². The maximum absolute atomic E-state index is 6.55. The average Bonchev–Trinajstić information content (AvgIpc) is 3.56. The smallest absolute Gasteiger partial charge is 0.143 e. The fourth-order valence-corrected chi connectivity index (χ4v) is 7.32. The number of rotatable bonds is 6. The zero-order chi connectivity index (χ0) is 31.4. The Bertz CT molecular complexity index is 2300. The van der Waals surface area contributed by atoms with Gasteiger partial charge in [0.25, 0.3) is 0 Å². The zero-order valence-electron chi connectivity index (χ0n) is 26.4. The van der Waals surface area contributed by atoms with E-state index in [0.717, 1.165) is 55.7 Å². The van der Waals surface area contributed by atoms with Gasteiger partial charge in [0.2, 0.25) is 0 Å². The first-order chi connectivity index (χ1) is 22.5. The minimum Gasteiger partial charge on any atom is -0.455 e. The second-order valence-electron chi connectivity index (χ2n) is 12.7. The van der Waals surface area contributed by atoms with Gasteiger partial charge in [0.1, 0.15) is 11.2 Å². The molecule has 6 aromatic carbocycles. The molecule has 0 saturated heterocycles. The molecule has 1 aromatic heterocycles. The van der Waals surface area contributed by atoms with E-state index in [2.05, 4.69) is 154 Å². The highest BCUT2D eigenvalue weighted by Gasteiger charge is 2.35. The molecule has 0 fully saturated rings. The zero-order valence-corrected chi connectivity index (χ0v) is 26.4. The van der Waals surface area contributed by atoms with Crippen molar-refractivity contribution in [2.45, 2.75) is 26.2 Å². The minimum atomic E-state index is -0.0305. The van der Waals surface area contributed by atoms with E-state index in [1.807, 2.05) is 24.3 Å². The van der Waals surface area contributed by atoms with E-state index in [9.17, 15) is 0 Å². The summed E-state index contributed by atoms with van der Waals surface area (Å²) in [7, 11) is 0. The maximum atomic E-state index is 6.55. The van der Waals surface area contributed by atoms with Crippen LogP contribution in [0.25, 0.3) is 50.3 Å². The molecule has 7 aromatic rings. The van der Waals surface area contributed by atoms with Gasteiger partial charge in [0.05, 0.1) is 0 Å². The van der Waals surface area contributed by atoms with Crippen molar-refractivity contribution in [1.29, 1.82) is 0 Å². The summed E-state index contributed by atoms with van der Waals surface area (Å²) < 4.78 is 6.55. The summed E-state index contributed by atoms with van der Waals surface area (Å²) in [6.45, 7) is 10.7. The lowest BCUT2D eigenvalue weighted by Gasteiger charge is -2.27. The van der Waals surface area contributed by atoms with Crippen molar-refractivity contribution in [2.24, 2.45) is 0 Å². The number of para-hydroxylation sites is 2. The molecule has 0 amide bonds. The van der Waals surface area contributed by atoms with Crippen LogP contribution < -0.4 is 4.90 Å². The van der Waals surface area contributed by atoms with Crippen LogP contribution in [0, 0.1) is 6.92 Å². The van der Waals surface area contributed by atoms with Gasteiger partial charge in [0, 0.05) is 38.8 Å². The van der Waals surface area contributed by atoms with E-state index in [4.69, 9.17) is 4.42 Å². The Balaban J connectivity index is 1.29. The number of anilines is 3. The largest absolute Gasteiger partial charge is 0.455 e. The maximum Gasteiger partial charge on any atom is 0.143 e. The van der Waals surface area contributed by atoms with Crippen LogP contribution >= 0.6 is 0 Å². The molecule has 222 valence electrons. The summed E-state index contributed by atoms with van der Waals surface area (Å²) in [5, 5.41) is 2.27. The monoisotopic (exact) mass is 593 g/mol. The molecule has 0 unspecified atom stereocenters. The number of aryl methyl sites for hydroxylation is 1. The highest BCUT2D eigenvalue weighted by molar-refractivity contribution is 6.11. The van der Waals surface area contributed by atoms with E-state index in [1.165, 1.54) is 27.8 Å². The van der Waals surface area contributed by atoms with Gasteiger partial charge in [-0.25, -0.2) is 0 Å². The summed E-state index contributed by atoms with van der Waals surface area (Å²) in [6, 6.07) is 45.8. The number of hydrogen-bond donors (Lipinski definition) is 0. The predicted molar refractivity (Wildman–Crippen MR) is 195 cm³/mol. The Morgan fingerprint density at radius 3 is 2.13 bits per heavy atom. The fourth-order valence-electron chi connectivity index (χ4n) is 7.32. The molecule has 0 radical (unpaired) electrons. The van der Waals surface area contributed by atoms with Crippen LogP contribution in [-0.4, -0.2) is 0 Å². The van der Waals surface area contributed by atoms with Gasteiger partial charge >= 0.3 is 0 Å². The minimum absolute atomic E-state index is 0.0305. The molecule has 8 rings (SSSR count). The van der Waals surface area contributed by atoms with Crippen molar-refractivity contribution in [2.75, 3.05) is 4.90 Å². The van der Waals surface area contributed by atoms with Crippen molar-refractivity contribution in [1.82, 2.24) is 0 Å². The highest BCUT2D eigenvalue weighted by atomic mass is 16.3. The second kappa shape index (κ2) is 10.8. The third kappa shape index (κ3) is 4.33. The molecular weight excluding hydrogens is 558 g/mol. The van der Waals surface area contributed by atoms with Crippen LogP contribution in [0.5, 0.6) is 0 Å². The quantitative estimate of drug-likeness (QED) is 0.178. The first-order valence-corrected chi connectivity index (χ1v) is 15.9. The first-order valence-electron chi connectivity index (χ1n) is 15.9. The third-order valence-electron chi connectivity index (χ3n) is 9.57. The van der Waals surface area contributed by atoms with Gasteiger partial charge in [-0.05, 0) is 94.4 Å². The van der Waals surface area contributed by atoms with Crippen LogP contribution in [-0.2, 0) is 5.41 Å². The number of furan rings is 1. The Morgan fingerprint density at radius 1 is 0.652 bits per heavy atom. The van der Waals surface area contributed by atoms with Gasteiger partial charge < -0.3 is 9.32 Å². The van der Waals surface area contributed by atoms with Crippen molar-refractivity contribution in [3.8, 4) is 22.3 Å². The summed E-state index contributed by atoms with van der Waals surface area (Å²) in [4.78, 5) is 2.35. The Labute approximate surface area is 270 Å². The highest BCUT2D eigenvalue weighted by Crippen LogP contribution is 2.50. The summed E-state index contributed by atoms with van der Waals surface area (Å²) in [5.41, 5.74) is 15.0. The lowest BCUT2D eigenvalue weighted by Crippen LogP contribution is -2.15. The third-order valence-corrected chi connectivity index (χ3v) is 9.57. The normalized spacial score (nSPS) is 13.3. The van der Waals surface area contributed by atoms with Crippen LogP contribution in [0.3, 0.4) is 0 Å². The Kier molecular flexibility index (Phi) is 6.54. The van der Waals surface area contributed by atoms with E-state index in [-0.39, 0.29) is 5.41 Å². The van der Waals surface area contributed by atoms with Crippen LogP contribution in [0.15, 0.2) is 151 Å². The molecule has 2 nitrogen and oxygen atoms in total. The predicted octanol–water partition coefficient (Wildman–Crippen LogP) is 12.5. The fraction of sp³-hybridized carbons (Fsp3) is 0.0909. The molecule has 46 heavy (non-hydrogen) atoms. The standard InChI is InChI=1S/C44H35NO/c1-5-6-16-34-29(2)27-38-36-18-11-13-20-41(36)46-43(38)42(34)30-21-23-32(24-22-30)45(31-14-8-7-9-15-31)33-25-26-40-37(28-33)35-17-10-12-19-39(35)44(40,3)4/h5-28H,1H2,2-4H3/b16-6-. The number of nitrogens with zero attached hydrogens (tertiary/aromatic N) is 1. The SMILES string of the molecule is C=C/C=C\c1c(C)cc2c(oc3ccccc32)c1-c1ccc(N(c2ccccc2)c2ccc3c(c2)-c2ccccc2C3(C)C)cc1. The number of allylic oxidation sites excluding steroid dienone is 2. The number of hydrogen-bond acceptors (Lipinski definition) is 2. The number of fused-ring (bicyclic) bond motifs is 6. The molecule has 1 aliphatic carbocycles. The molecule has 1 heterocycles. The number of benzene rings is 6. The molecule has 1 aliphatic rings. The van der Waals surface area contributed by atoms with Crippen molar-refractivity contribution in [3.63, 3.8) is 0 Å². The molecule has 0 bridgehead atoms. The molecule has 0 saturated carbocycles. The van der Waals surface area contributed by atoms with Crippen LogP contribution in [0.1, 0.15) is 36.1 Å². The molecule has 0 N–H and O–H groups in total. The average molecular weight is 594 g/mol. The molecular formula is C44H35NO. The lowest BCUT2D eigenvalue weighted by atomic mass is 9.82. The van der Waals surface area contributed by atoms with Crippen LogP contribution in [0.2, 0.25) is 0 Å². The topological polar surface area (TPSA) is 16.4 Å². The molecule has 2 heteroatoms. The van der Waals surface area contributed by atoms with E-state index in [0.29, 0.717) is 0 Å². The second-order valence-corrected chi connectivity index (χ2v) is 12.7. The van der Waals surface area contributed by atoms with E-state index in [1.54, 1.807) is 0 Å². The van der Waals surface area contributed by atoms with Gasteiger partial charge in [0.15, 0.2) is 0 Å². The molecule has 0 atom stereocenters. The Hall–Kier alpha value is -5.60. The van der Waals surface area contributed by atoms with Crippen molar-refractivity contribution >= 4 is 45.1 Å². The molecule has 0 aliphatic heterocycles. The Morgan fingerprint density at radius 2 is 1.33 bits per heavy atom. The van der Waals surface area contributed by atoms with Gasteiger partial charge in [-0.15, -0.1) is 0 Å². The molecule has 0 spiro atoms. The van der Waals surface area contributed by atoms with Gasteiger partial charge in [-0.1, -0.05) is 118 Å². The van der Waals surface area contributed by atoms with Crippen LogP contribution in [0.4, 0.5) is 17.1 Å². The van der Waals surface area contributed by atoms with Crippen molar-refractivity contribution < 1.29 is 4.42 Å². The summed E-state index contributed by atoms with van der Waals surface area (Å²) in [6.07, 6.45) is 5.96. The van der Waals surface area contributed by atoms with E-state index < -0.39 is 0 Å². The first kappa shape index (κ1) is 27.9. The summed E-state index contributed by atoms with van der Waals surface area (Å²) >= 11 is 0.